The number of hydrogen-bond donors (Lipinski definition) is 1. The third-order valence-corrected chi connectivity index (χ3v) is 3.36. The van der Waals surface area contributed by atoms with Gasteiger partial charge in [0.2, 0.25) is 11.8 Å². The van der Waals surface area contributed by atoms with Gasteiger partial charge in [0, 0.05) is 14.1 Å². The van der Waals surface area contributed by atoms with E-state index in [1.165, 1.54) is 4.90 Å². The summed E-state index contributed by atoms with van der Waals surface area (Å²) in [4.78, 5) is 24.7. The Morgan fingerprint density at radius 3 is 2.09 bits per heavy atom. The highest BCUT2D eigenvalue weighted by atomic mass is 16.2. The lowest BCUT2D eigenvalue weighted by Gasteiger charge is -2.11. The van der Waals surface area contributed by atoms with Crippen molar-refractivity contribution >= 4 is 11.8 Å². The van der Waals surface area contributed by atoms with Crippen molar-refractivity contribution in [3.8, 4) is 11.1 Å². The number of nitrogens with zero attached hydrogens (tertiary/aromatic N) is 1. The summed E-state index contributed by atoms with van der Waals surface area (Å²) in [5, 5.41) is 2.63. The molecule has 0 heterocycles. The maximum Gasteiger partial charge on any atom is 0.241 e. The molecule has 0 bridgehead atoms. The zero-order valence-electron chi connectivity index (χ0n) is 12.9. The van der Waals surface area contributed by atoms with E-state index < -0.39 is 0 Å². The van der Waals surface area contributed by atoms with Crippen LogP contribution in [0.3, 0.4) is 0 Å². The molecule has 0 aliphatic heterocycles. The fourth-order valence-electron chi connectivity index (χ4n) is 2.03. The van der Waals surface area contributed by atoms with Crippen molar-refractivity contribution in [3.05, 3.63) is 60.2 Å². The van der Waals surface area contributed by atoms with E-state index in [0.29, 0.717) is 0 Å². The Morgan fingerprint density at radius 2 is 1.50 bits per heavy atom. The van der Waals surface area contributed by atoms with Crippen LogP contribution in [-0.2, 0) is 16.0 Å². The van der Waals surface area contributed by atoms with Gasteiger partial charge in [0.25, 0.3) is 0 Å². The zero-order valence-corrected chi connectivity index (χ0v) is 12.9. The quantitative estimate of drug-likeness (QED) is 0.918. The molecule has 0 spiro atoms. The minimum absolute atomic E-state index is 0.0356. The Kier molecular flexibility index (Phi) is 5.31. The number of likely N-dealkylation sites (N-methyl/N-ethyl adjacent to an activating group) is 1. The Balaban J connectivity index is 1.91. The molecular formula is C18H20N2O2. The molecular weight excluding hydrogens is 276 g/mol. The lowest BCUT2D eigenvalue weighted by molar-refractivity contribution is -0.130. The van der Waals surface area contributed by atoms with Crippen LogP contribution < -0.4 is 5.32 Å². The molecule has 0 aromatic heterocycles. The van der Waals surface area contributed by atoms with Gasteiger partial charge in [0.1, 0.15) is 0 Å². The van der Waals surface area contributed by atoms with E-state index in [0.717, 1.165) is 16.7 Å². The zero-order chi connectivity index (χ0) is 15.9. The second kappa shape index (κ2) is 7.41. The Hall–Kier alpha value is -2.62. The third kappa shape index (κ3) is 4.45. The normalized spacial score (nSPS) is 10.1. The number of hydrogen-bond acceptors (Lipinski definition) is 2. The molecule has 0 fully saturated rings. The molecule has 4 heteroatoms. The molecule has 114 valence electrons. The summed E-state index contributed by atoms with van der Waals surface area (Å²) in [5.41, 5.74) is 3.19. The molecule has 1 N–H and O–H groups in total. The predicted octanol–water partition coefficient (Wildman–Crippen LogP) is 2.10. The standard InChI is InChI=1S/C18H20N2O2/c1-20(2)18(22)13-19-17(21)12-14-8-10-16(11-9-14)15-6-4-3-5-7-15/h3-11H,12-13H2,1-2H3,(H,19,21). The number of rotatable bonds is 5. The van der Waals surface area contributed by atoms with Crippen LogP contribution in [0.5, 0.6) is 0 Å². The maximum atomic E-state index is 11.8. The molecule has 0 saturated carbocycles. The van der Waals surface area contributed by atoms with Crippen LogP contribution in [0.4, 0.5) is 0 Å². The number of benzene rings is 2. The molecule has 2 rings (SSSR count). The Morgan fingerprint density at radius 1 is 0.909 bits per heavy atom. The minimum atomic E-state index is -0.150. The van der Waals surface area contributed by atoms with Crippen LogP contribution in [0.25, 0.3) is 11.1 Å². The first-order chi connectivity index (χ1) is 10.6. The van der Waals surface area contributed by atoms with Gasteiger partial charge in [-0.2, -0.15) is 0 Å². The monoisotopic (exact) mass is 296 g/mol. The fraction of sp³-hybridized carbons (Fsp3) is 0.222. The molecule has 2 aromatic rings. The lowest BCUT2D eigenvalue weighted by Crippen LogP contribution is -2.36. The van der Waals surface area contributed by atoms with Crippen LogP contribution >= 0.6 is 0 Å². The average molecular weight is 296 g/mol. The van der Waals surface area contributed by atoms with Gasteiger partial charge in [0.15, 0.2) is 0 Å². The molecule has 0 saturated heterocycles. The average Bonchev–Trinajstić information content (AvgIpc) is 2.54. The Bertz CT molecular complexity index is 634. The molecule has 2 aromatic carbocycles. The van der Waals surface area contributed by atoms with Crippen molar-refractivity contribution in [1.82, 2.24) is 10.2 Å². The topological polar surface area (TPSA) is 49.4 Å². The van der Waals surface area contributed by atoms with Gasteiger partial charge in [-0.15, -0.1) is 0 Å². The third-order valence-electron chi connectivity index (χ3n) is 3.36. The van der Waals surface area contributed by atoms with Gasteiger partial charge in [-0.1, -0.05) is 54.6 Å². The Labute approximate surface area is 130 Å². The summed E-state index contributed by atoms with van der Waals surface area (Å²) >= 11 is 0. The number of carbonyl (C=O) groups is 2. The lowest BCUT2D eigenvalue weighted by atomic mass is 10.0. The van der Waals surface area contributed by atoms with E-state index in [-0.39, 0.29) is 24.8 Å². The van der Waals surface area contributed by atoms with E-state index in [1.54, 1.807) is 14.1 Å². The van der Waals surface area contributed by atoms with Crippen molar-refractivity contribution in [2.45, 2.75) is 6.42 Å². The second-order valence-electron chi connectivity index (χ2n) is 5.30. The van der Waals surface area contributed by atoms with Crippen LogP contribution in [0.15, 0.2) is 54.6 Å². The fourth-order valence-corrected chi connectivity index (χ4v) is 2.03. The van der Waals surface area contributed by atoms with Crippen molar-refractivity contribution in [1.29, 1.82) is 0 Å². The molecule has 0 radical (unpaired) electrons. The first kappa shape index (κ1) is 15.8. The number of amides is 2. The largest absolute Gasteiger partial charge is 0.347 e. The highest BCUT2D eigenvalue weighted by molar-refractivity contribution is 5.85. The van der Waals surface area contributed by atoms with Crippen molar-refractivity contribution in [2.75, 3.05) is 20.6 Å². The molecule has 4 nitrogen and oxygen atoms in total. The number of carbonyl (C=O) groups excluding carboxylic acids is 2. The van der Waals surface area contributed by atoms with Gasteiger partial charge in [-0.3, -0.25) is 9.59 Å². The molecule has 0 aliphatic rings. The summed E-state index contributed by atoms with van der Waals surface area (Å²) in [6, 6.07) is 18.0. The first-order valence-corrected chi connectivity index (χ1v) is 7.17. The van der Waals surface area contributed by atoms with E-state index in [9.17, 15) is 9.59 Å². The molecule has 0 unspecified atom stereocenters. The highest BCUT2D eigenvalue weighted by Crippen LogP contribution is 2.19. The first-order valence-electron chi connectivity index (χ1n) is 7.17. The van der Waals surface area contributed by atoms with Crippen LogP contribution in [0, 0.1) is 0 Å². The summed E-state index contributed by atoms with van der Waals surface area (Å²) in [7, 11) is 3.33. The van der Waals surface area contributed by atoms with Gasteiger partial charge >= 0.3 is 0 Å². The van der Waals surface area contributed by atoms with Gasteiger partial charge in [-0.05, 0) is 16.7 Å². The maximum absolute atomic E-state index is 11.8. The summed E-state index contributed by atoms with van der Waals surface area (Å²) in [5.74, 6) is -0.268. The summed E-state index contributed by atoms with van der Waals surface area (Å²) < 4.78 is 0. The summed E-state index contributed by atoms with van der Waals surface area (Å²) in [6.45, 7) is 0.0356. The molecule has 2 amide bonds. The molecule has 0 atom stereocenters. The van der Waals surface area contributed by atoms with Crippen molar-refractivity contribution in [2.24, 2.45) is 0 Å². The van der Waals surface area contributed by atoms with Crippen LogP contribution in [0.2, 0.25) is 0 Å². The van der Waals surface area contributed by atoms with Gasteiger partial charge in [-0.25, -0.2) is 0 Å². The highest BCUT2D eigenvalue weighted by Gasteiger charge is 2.08. The van der Waals surface area contributed by atoms with E-state index in [1.807, 2.05) is 42.5 Å². The smallest absolute Gasteiger partial charge is 0.241 e. The van der Waals surface area contributed by atoms with Gasteiger partial charge < -0.3 is 10.2 Å². The van der Waals surface area contributed by atoms with E-state index >= 15 is 0 Å². The minimum Gasteiger partial charge on any atom is -0.347 e. The van der Waals surface area contributed by atoms with E-state index in [2.05, 4.69) is 17.4 Å². The van der Waals surface area contributed by atoms with Crippen molar-refractivity contribution in [3.63, 3.8) is 0 Å². The van der Waals surface area contributed by atoms with Gasteiger partial charge in [0.05, 0.1) is 13.0 Å². The van der Waals surface area contributed by atoms with Crippen molar-refractivity contribution < 1.29 is 9.59 Å². The summed E-state index contributed by atoms with van der Waals surface area (Å²) in [6.07, 6.45) is 0.274. The van der Waals surface area contributed by atoms with E-state index in [4.69, 9.17) is 0 Å². The second-order valence-corrected chi connectivity index (χ2v) is 5.30. The van der Waals surface area contributed by atoms with Crippen LogP contribution in [0.1, 0.15) is 5.56 Å². The SMILES string of the molecule is CN(C)C(=O)CNC(=O)Cc1ccc(-c2ccccc2)cc1. The predicted molar refractivity (Wildman–Crippen MR) is 87.3 cm³/mol. The van der Waals surface area contributed by atoms with Crippen LogP contribution in [-0.4, -0.2) is 37.4 Å². The number of nitrogens with one attached hydrogen (secondary N) is 1. The molecule has 0 aliphatic carbocycles. The molecule has 22 heavy (non-hydrogen) atoms.